The van der Waals surface area contributed by atoms with E-state index in [0.717, 1.165) is 25.9 Å². The predicted molar refractivity (Wildman–Crippen MR) is 63.5 cm³/mol. The third-order valence-corrected chi connectivity index (χ3v) is 3.27. The molecule has 2 N–H and O–H groups in total. The fraction of sp³-hybridized carbons (Fsp3) is 0.727. The van der Waals surface area contributed by atoms with Gasteiger partial charge in [0.1, 0.15) is 5.71 Å². The summed E-state index contributed by atoms with van der Waals surface area (Å²) in [5, 5.41) is 7.04. The van der Waals surface area contributed by atoms with Gasteiger partial charge in [0, 0.05) is 32.0 Å². The summed E-state index contributed by atoms with van der Waals surface area (Å²) >= 11 is 0. The maximum absolute atomic E-state index is 12.1. The van der Waals surface area contributed by atoms with E-state index in [4.69, 9.17) is 0 Å². The Morgan fingerprint density at radius 1 is 1.53 bits per heavy atom. The summed E-state index contributed by atoms with van der Waals surface area (Å²) in [5.41, 5.74) is 2.84. The normalized spacial score (nSPS) is 25.2. The van der Waals surface area contributed by atoms with Crippen LogP contribution in [0.25, 0.3) is 0 Å². The lowest BCUT2D eigenvalue weighted by atomic mass is 10.0. The number of nitrogens with zero attached hydrogens (tertiary/aromatic N) is 2. The van der Waals surface area contributed by atoms with Gasteiger partial charge in [-0.1, -0.05) is 0 Å². The highest BCUT2D eigenvalue weighted by Gasteiger charge is 2.27. The molecule has 0 radical (unpaired) electrons. The van der Waals surface area contributed by atoms with Crippen LogP contribution >= 0.6 is 0 Å². The molecule has 2 aliphatic heterocycles. The van der Waals surface area contributed by atoms with Crippen molar-refractivity contribution >= 4 is 17.5 Å². The van der Waals surface area contributed by atoms with Crippen LogP contribution in [-0.4, -0.2) is 48.6 Å². The van der Waals surface area contributed by atoms with Gasteiger partial charge in [-0.15, -0.1) is 0 Å². The van der Waals surface area contributed by atoms with Gasteiger partial charge in [-0.3, -0.25) is 9.59 Å². The van der Waals surface area contributed by atoms with Crippen molar-refractivity contribution in [2.24, 2.45) is 5.10 Å². The van der Waals surface area contributed by atoms with Crippen LogP contribution in [0.4, 0.5) is 0 Å². The quantitative estimate of drug-likeness (QED) is 0.678. The summed E-state index contributed by atoms with van der Waals surface area (Å²) in [6.45, 7) is 1.51. The molecule has 2 rings (SSSR count). The number of carbonyl (C=O) groups is 2. The van der Waals surface area contributed by atoms with Crippen molar-refractivity contribution < 1.29 is 9.59 Å². The van der Waals surface area contributed by atoms with Gasteiger partial charge in [-0.05, 0) is 19.9 Å². The Balaban J connectivity index is 1.97. The van der Waals surface area contributed by atoms with Gasteiger partial charge in [0.2, 0.25) is 5.91 Å². The molecule has 6 nitrogen and oxygen atoms in total. The maximum atomic E-state index is 12.1. The van der Waals surface area contributed by atoms with E-state index in [-0.39, 0.29) is 11.8 Å². The average molecular weight is 238 g/mol. The van der Waals surface area contributed by atoms with Crippen LogP contribution in [0.2, 0.25) is 0 Å². The molecule has 6 heteroatoms. The van der Waals surface area contributed by atoms with Crippen molar-refractivity contribution in [3.8, 4) is 0 Å². The van der Waals surface area contributed by atoms with Crippen LogP contribution in [0, 0.1) is 0 Å². The minimum atomic E-state index is -0.117. The van der Waals surface area contributed by atoms with E-state index < -0.39 is 0 Å². The Morgan fingerprint density at radius 2 is 2.35 bits per heavy atom. The van der Waals surface area contributed by atoms with Crippen molar-refractivity contribution in [3.63, 3.8) is 0 Å². The molecule has 0 bridgehead atoms. The number of amides is 2. The summed E-state index contributed by atoms with van der Waals surface area (Å²) in [6, 6.07) is 0.367. The van der Waals surface area contributed by atoms with Crippen molar-refractivity contribution in [1.82, 2.24) is 15.6 Å². The molecule has 0 aromatic heterocycles. The molecule has 94 valence electrons. The molecule has 17 heavy (non-hydrogen) atoms. The van der Waals surface area contributed by atoms with Gasteiger partial charge >= 0.3 is 0 Å². The Labute approximate surface area is 100 Å². The fourth-order valence-electron chi connectivity index (χ4n) is 2.21. The van der Waals surface area contributed by atoms with E-state index in [1.807, 2.05) is 11.9 Å². The van der Waals surface area contributed by atoms with Crippen LogP contribution in [0.1, 0.15) is 25.7 Å². The van der Waals surface area contributed by atoms with E-state index in [1.165, 1.54) is 0 Å². The summed E-state index contributed by atoms with van der Waals surface area (Å²) in [4.78, 5) is 24.9. The maximum Gasteiger partial charge on any atom is 0.270 e. The van der Waals surface area contributed by atoms with Crippen molar-refractivity contribution in [3.05, 3.63) is 0 Å². The summed E-state index contributed by atoms with van der Waals surface area (Å²) < 4.78 is 0. The second-order valence-electron chi connectivity index (χ2n) is 4.47. The summed E-state index contributed by atoms with van der Waals surface area (Å²) in [6.07, 6.45) is 2.92. The molecule has 2 aliphatic rings. The number of likely N-dealkylation sites (tertiary alicyclic amines) is 1. The highest BCUT2D eigenvalue weighted by molar-refractivity contribution is 6.39. The molecule has 1 unspecified atom stereocenters. The molecular formula is C11H18N4O2. The number of piperidine rings is 1. The second kappa shape index (κ2) is 5.27. The molecule has 0 spiro atoms. The zero-order valence-corrected chi connectivity index (χ0v) is 10.0. The van der Waals surface area contributed by atoms with Crippen LogP contribution in [0.5, 0.6) is 0 Å². The number of rotatable bonds is 2. The van der Waals surface area contributed by atoms with Crippen molar-refractivity contribution in [2.75, 3.05) is 20.1 Å². The van der Waals surface area contributed by atoms with E-state index >= 15 is 0 Å². The molecule has 2 heterocycles. The first-order valence-corrected chi connectivity index (χ1v) is 6.02. The number of carbonyl (C=O) groups excluding carboxylic acids is 2. The third-order valence-electron chi connectivity index (χ3n) is 3.27. The van der Waals surface area contributed by atoms with Crippen molar-refractivity contribution in [2.45, 2.75) is 31.7 Å². The van der Waals surface area contributed by atoms with Gasteiger partial charge in [-0.25, -0.2) is 5.43 Å². The highest BCUT2D eigenvalue weighted by Crippen LogP contribution is 2.12. The van der Waals surface area contributed by atoms with Crippen LogP contribution in [0.15, 0.2) is 5.10 Å². The summed E-state index contributed by atoms with van der Waals surface area (Å²) in [7, 11) is 1.91. The fourth-order valence-corrected chi connectivity index (χ4v) is 2.21. The Kier molecular flexibility index (Phi) is 3.73. The Bertz CT molecular complexity index is 353. The van der Waals surface area contributed by atoms with Gasteiger partial charge < -0.3 is 10.2 Å². The van der Waals surface area contributed by atoms with E-state index in [0.29, 0.717) is 24.6 Å². The lowest BCUT2D eigenvalue weighted by Crippen LogP contribution is -2.49. The lowest BCUT2D eigenvalue weighted by molar-refractivity contribution is -0.125. The molecule has 0 aliphatic carbocycles. The zero-order valence-electron chi connectivity index (χ0n) is 10.0. The van der Waals surface area contributed by atoms with Gasteiger partial charge in [0.15, 0.2) is 0 Å². The number of nitrogens with one attached hydrogen (secondary N) is 2. The van der Waals surface area contributed by atoms with Crippen LogP contribution in [-0.2, 0) is 9.59 Å². The Hall–Kier alpha value is -1.43. The summed E-state index contributed by atoms with van der Waals surface area (Å²) in [5.74, 6) is -0.154. The minimum absolute atomic E-state index is 0.0371. The SMILES string of the molecule is CNC1CCCN(C(=O)C2=NNC(=O)CC2)C1. The minimum Gasteiger partial charge on any atom is -0.336 e. The van der Waals surface area contributed by atoms with Gasteiger partial charge in [0.25, 0.3) is 5.91 Å². The van der Waals surface area contributed by atoms with E-state index in [9.17, 15) is 9.59 Å². The van der Waals surface area contributed by atoms with Gasteiger partial charge in [0.05, 0.1) is 0 Å². The molecule has 1 saturated heterocycles. The molecule has 2 amide bonds. The highest BCUT2D eigenvalue weighted by atomic mass is 16.2. The van der Waals surface area contributed by atoms with Crippen LogP contribution in [0.3, 0.4) is 0 Å². The number of likely N-dealkylation sites (N-methyl/N-ethyl adjacent to an activating group) is 1. The third kappa shape index (κ3) is 2.82. The molecule has 0 aromatic rings. The molecule has 0 saturated carbocycles. The van der Waals surface area contributed by atoms with Gasteiger partial charge in [-0.2, -0.15) is 5.10 Å². The largest absolute Gasteiger partial charge is 0.336 e. The molecule has 1 fully saturated rings. The first kappa shape index (κ1) is 12.0. The first-order valence-electron chi connectivity index (χ1n) is 6.02. The molecular weight excluding hydrogens is 220 g/mol. The van der Waals surface area contributed by atoms with E-state index in [2.05, 4.69) is 15.8 Å². The first-order chi connectivity index (χ1) is 8.20. The average Bonchev–Trinajstić information content (AvgIpc) is 2.39. The zero-order chi connectivity index (χ0) is 12.3. The second-order valence-corrected chi connectivity index (χ2v) is 4.47. The number of hydrazone groups is 1. The van der Waals surface area contributed by atoms with Crippen molar-refractivity contribution in [1.29, 1.82) is 0 Å². The molecule has 1 atom stereocenters. The lowest BCUT2D eigenvalue weighted by Gasteiger charge is -2.33. The molecule has 0 aromatic carbocycles. The standard InChI is InChI=1S/C11H18N4O2/c1-12-8-3-2-6-15(7-8)11(17)9-4-5-10(16)14-13-9/h8,12H,2-7H2,1H3,(H,14,16). The topological polar surface area (TPSA) is 73.8 Å². The van der Waals surface area contributed by atoms with Crippen LogP contribution < -0.4 is 10.7 Å². The number of hydrogen-bond acceptors (Lipinski definition) is 4. The predicted octanol–water partition coefficient (Wildman–Crippen LogP) is -0.537. The monoisotopic (exact) mass is 238 g/mol. The smallest absolute Gasteiger partial charge is 0.270 e. The Morgan fingerprint density at radius 3 is 3.00 bits per heavy atom. The number of hydrogen-bond donors (Lipinski definition) is 2. The van der Waals surface area contributed by atoms with E-state index in [1.54, 1.807) is 0 Å².